The maximum Gasteiger partial charge on any atom is 0.252 e. The summed E-state index contributed by atoms with van der Waals surface area (Å²) in [6.07, 6.45) is -0.395. The van der Waals surface area contributed by atoms with Crippen LogP contribution in [0.1, 0.15) is 22.3 Å². The number of pyridine rings is 1. The van der Waals surface area contributed by atoms with Crippen LogP contribution in [0.15, 0.2) is 52.2 Å². The third-order valence-corrected chi connectivity index (χ3v) is 7.66. The fourth-order valence-corrected chi connectivity index (χ4v) is 5.26. The first-order valence-corrected chi connectivity index (χ1v) is 12.1. The minimum absolute atomic E-state index is 0.0612. The van der Waals surface area contributed by atoms with Gasteiger partial charge in [-0.15, -0.1) is 0 Å². The third kappa shape index (κ3) is 4.78. The van der Waals surface area contributed by atoms with Crippen LogP contribution in [0.25, 0.3) is 10.9 Å². The van der Waals surface area contributed by atoms with E-state index in [4.69, 9.17) is 9.47 Å². The topological polar surface area (TPSA) is 88.7 Å². The van der Waals surface area contributed by atoms with Gasteiger partial charge in [0.15, 0.2) is 0 Å². The molecule has 2 aromatic carbocycles. The number of H-pyrrole nitrogens is 1. The third-order valence-electron chi connectivity index (χ3n) is 5.83. The molecule has 0 bridgehead atoms. The molecule has 1 aromatic heterocycles. The van der Waals surface area contributed by atoms with Crippen LogP contribution in [0, 0.1) is 20.8 Å². The zero-order valence-electron chi connectivity index (χ0n) is 18.6. The molecule has 0 amide bonds. The summed E-state index contributed by atoms with van der Waals surface area (Å²) in [5, 5.41) is 0.868. The number of benzene rings is 2. The molecular formula is C24H28N2O5S. The lowest BCUT2D eigenvalue weighted by Gasteiger charge is -2.29. The van der Waals surface area contributed by atoms with E-state index in [0.717, 1.165) is 27.6 Å². The first-order chi connectivity index (χ1) is 15.2. The Morgan fingerprint density at radius 3 is 2.44 bits per heavy atom. The number of fused-ring (bicyclic) bond motifs is 1. The molecule has 0 aliphatic carbocycles. The predicted octanol–water partition coefficient (Wildman–Crippen LogP) is 3.06. The summed E-state index contributed by atoms with van der Waals surface area (Å²) in [6.45, 7) is 7.15. The van der Waals surface area contributed by atoms with Crippen molar-refractivity contribution < 1.29 is 17.9 Å². The highest BCUT2D eigenvalue weighted by Crippen LogP contribution is 2.22. The number of hydrogen-bond donors (Lipinski definition) is 1. The summed E-state index contributed by atoms with van der Waals surface area (Å²) in [4.78, 5) is 15.9. The second kappa shape index (κ2) is 9.15. The van der Waals surface area contributed by atoms with E-state index in [1.54, 1.807) is 30.3 Å². The number of nitrogens with zero attached hydrogens (tertiary/aromatic N) is 1. The van der Waals surface area contributed by atoms with E-state index < -0.39 is 16.1 Å². The van der Waals surface area contributed by atoms with Gasteiger partial charge in [-0.25, -0.2) is 8.42 Å². The molecule has 2 heterocycles. The minimum Gasteiger partial charge on any atom is -0.376 e. The lowest BCUT2D eigenvalue weighted by Crippen LogP contribution is -2.43. The standard InChI is InChI=1S/C24H28N2O5S/c1-16-4-6-22(7-5-16)32(28,29)26(14-21-15-30-8-9-31-21)13-20-12-19-10-17(2)18(3)11-23(19)25-24(20)27/h4-7,10-12,21H,8-9,13-15H2,1-3H3,(H,25,27)/t21-/m1/s1. The summed E-state index contributed by atoms with van der Waals surface area (Å²) in [5.74, 6) is 0. The average molecular weight is 457 g/mol. The molecule has 0 spiro atoms. The second-order valence-electron chi connectivity index (χ2n) is 8.33. The van der Waals surface area contributed by atoms with Gasteiger partial charge in [-0.05, 0) is 67.6 Å². The van der Waals surface area contributed by atoms with Gasteiger partial charge in [0.2, 0.25) is 10.0 Å². The van der Waals surface area contributed by atoms with Gasteiger partial charge in [0.1, 0.15) is 0 Å². The number of nitrogens with one attached hydrogen (secondary N) is 1. The zero-order valence-corrected chi connectivity index (χ0v) is 19.4. The molecule has 0 saturated carbocycles. The number of sulfonamides is 1. The smallest absolute Gasteiger partial charge is 0.252 e. The number of rotatable bonds is 6. The first-order valence-electron chi connectivity index (χ1n) is 10.6. The molecule has 7 nitrogen and oxygen atoms in total. The monoisotopic (exact) mass is 456 g/mol. The summed E-state index contributed by atoms with van der Waals surface area (Å²) < 4.78 is 39.5. The fraction of sp³-hybridized carbons (Fsp3) is 0.375. The van der Waals surface area contributed by atoms with Gasteiger partial charge in [-0.1, -0.05) is 17.7 Å². The summed E-state index contributed by atoms with van der Waals surface area (Å²) >= 11 is 0. The quantitative estimate of drug-likeness (QED) is 0.616. The van der Waals surface area contributed by atoms with Gasteiger partial charge in [0.05, 0.1) is 30.8 Å². The molecule has 32 heavy (non-hydrogen) atoms. The maximum atomic E-state index is 13.5. The second-order valence-corrected chi connectivity index (χ2v) is 10.3. The van der Waals surface area contributed by atoms with Gasteiger partial charge in [0, 0.05) is 24.2 Å². The molecule has 4 rings (SSSR count). The van der Waals surface area contributed by atoms with Crippen LogP contribution in [0.2, 0.25) is 0 Å². The summed E-state index contributed by atoms with van der Waals surface area (Å²) in [7, 11) is -3.86. The predicted molar refractivity (Wildman–Crippen MR) is 123 cm³/mol. The Hall–Kier alpha value is -2.52. The molecule has 1 atom stereocenters. The number of aryl methyl sites for hydroxylation is 3. The van der Waals surface area contributed by atoms with Crippen LogP contribution in [0.3, 0.4) is 0 Å². The van der Waals surface area contributed by atoms with Crippen LogP contribution in [0.5, 0.6) is 0 Å². The molecule has 1 aliphatic rings. The highest BCUT2D eigenvalue weighted by Gasteiger charge is 2.29. The van der Waals surface area contributed by atoms with Crippen molar-refractivity contribution >= 4 is 20.9 Å². The largest absolute Gasteiger partial charge is 0.376 e. The van der Waals surface area contributed by atoms with E-state index in [1.807, 2.05) is 32.9 Å². The lowest BCUT2D eigenvalue weighted by molar-refractivity contribution is -0.0923. The maximum absolute atomic E-state index is 13.5. The molecule has 1 saturated heterocycles. The Kier molecular flexibility index (Phi) is 6.48. The summed E-state index contributed by atoms with van der Waals surface area (Å²) in [6, 6.07) is 12.4. The van der Waals surface area contributed by atoms with E-state index >= 15 is 0 Å². The molecule has 8 heteroatoms. The average Bonchev–Trinajstić information content (AvgIpc) is 2.76. The van der Waals surface area contributed by atoms with Crippen molar-refractivity contribution in [1.29, 1.82) is 0 Å². The Bertz CT molecular complexity index is 1280. The van der Waals surface area contributed by atoms with Crippen molar-refractivity contribution in [2.24, 2.45) is 0 Å². The van der Waals surface area contributed by atoms with Crippen LogP contribution < -0.4 is 5.56 Å². The Morgan fingerprint density at radius 2 is 1.75 bits per heavy atom. The van der Waals surface area contributed by atoms with Gasteiger partial charge in [0.25, 0.3) is 5.56 Å². The SMILES string of the molecule is Cc1ccc(S(=O)(=O)N(Cc2cc3cc(C)c(C)cc3[nH]c2=O)C[C@@H]2COCCO2)cc1. The van der Waals surface area contributed by atoms with E-state index in [2.05, 4.69) is 4.98 Å². The molecule has 1 N–H and O–H groups in total. The van der Waals surface area contributed by atoms with Gasteiger partial charge < -0.3 is 14.5 Å². The minimum atomic E-state index is -3.86. The Labute approximate surface area is 188 Å². The normalized spacial score (nSPS) is 17.2. The van der Waals surface area contributed by atoms with Crippen molar-refractivity contribution in [2.45, 2.75) is 38.3 Å². The van der Waals surface area contributed by atoms with E-state index in [9.17, 15) is 13.2 Å². The highest BCUT2D eigenvalue weighted by molar-refractivity contribution is 7.89. The number of hydrogen-bond acceptors (Lipinski definition) is 5. The zero-order chi connectivity index (χ0) is 22.9. The fourth-order valence-electron chi connectivity index (χ4n) is 3.81. The van der Waals surface area contributed by atoms with Crippen molar-refractivity contribution in [2.75, 3.05) is 26.4 Å². The van der Waals surface area contributed by atoms with E-state index in [-0.39, 0.29) is 23.5 Å². The van der Waals surface area contributed by atoms with Gasteiger partial charge in [-0.3, -0.25) is 4.79 Å². The molecule has 0 radical (unpaired) electrons. The van der Waals surface area contributed by atoms with Crippen LogP contribution in [0.4, 0.5) is 0 Å². The molecular weight excluding hydrogens is 428 g/mol. The number of aromatic nitrogens is 1. The van der Waals surface area contributed by atoms with Crippen LogP contribution in [-0.2, 0) is 26.0 Å². The van der Waals surface area contributed by atoms with Crippen molar-refractivity contribution in [3.05, 3.63) is 75.1 Å². The molecule has 3 aromatic rings. The van der Waals surface area contributed by atoms with Gasteiger partial charge in [-0.2, -0.15) is 4.31 Å². The highest BCUT2D eigenvalue weighted by atomic mass is 32.2. The summed E-state index contributed by atoms with van der Waals surface area (Å²) in [5.41, 5.74) is 3.97. The van der Waals surface area contributed by atoms with Crippen LogP contribution >= 0.6 is 0 Å². The van der Waals surface area contributed by atoms with Crippen LogP contribution in [-0.4, -0.2) is 50.2 Å². The first kappa shape index (κ1) is 22.7. The van der Waals surface area contributed by atoms with Crippen molar-refractivity contribution in [1.82, 2.24) is 9.29 Å². The number of ether oxygens (including phenoxy) is 2. The lowest BCUT2D eigenvalue weighted by atomic mass is 10.0. The number of aromatic amines is 1. The van der Waals surface area contributed by atoms with E-state index in [1.165, 1.54) is 4.31 Å². The van der Waals surface area contributed by atoms with Crippen molar-refractivity contribution in [3.63, 3.8) is 0 Å². The molecule has 1 aliphatic heterocycles. The Balaban J connectivity index is 1.73. The Morgan fingerprint density at radius 1 is 1.03 bits per heavy atom. The molecule has 0 unspecified atom stereocenters. The molecule has 1 fully saturated rings. The van der Waals surface area contributed by atoms with Crippen molar-refractivity contribution in [3.8, 4) is 0 Å². The molecule has 170 valence electrons. The van der Waals surface area contributed by atoms with Gasteiger partial charge >= 0.3 is 0 Å². The van der Waals surface area contributed by atoms with E-state index in [0.29, 0.717) is 25.4 Å².